The van der Waals surface area contributed by atoms with Crippen molar-refractivity contribution in [2.45, 2.75) is 39.0 Å². The van der Waals surface area contributed by atoms with Gasteiger partial charge in [-0.15, -0.1) is 11.3 Å². The van der Waals surface area contributed by atoms with Gasteiger partial charge in [0, 0.05) is 41.0 Å². The molecule has 0 unspecified atom stereocenters. The van der Waals surface area contributed by atoms with E-state index in [0.29, 0.717) is 27.9 Å². The number of aromatic nitrogens is 1. The Labute approximate surface area is 230 Å². The van der Waals surface area contributed by atoms with E-state index in [1.165, 1.54) is 29.9 Å². The van der Waals surface area contributed by atoms with Gasteiger partial charge in [0.2, 0.25) is 5.91 Å². The van der Waals surface area contributed by atoms with Crippen molar-refractivity contribution in [1.29, 1.82) is 0 Å². The molecule has 0 saturated heterocycles. The van der Waals surface area contributed by atoms with Crippen molar-refractivity contribution >= 4 is 51.5 Å². The Morgan fingerprint density at radius 1 is 1.00 bits per heavy atom. The highest BCUT2D eigenvalue weighted by atomic mass is 32.1. The number of thiophene rings is 1. The van der Waals surface area contributed by atoms with Crippen LogP contribution in [0.5, 0.6) is 0 Å². The third-order valence-corrected chi connectivity index (χ3v) is 8.35. The molecule has 1 aliphatic carbocycles. The largest absolute Gasteiger partial charge is 0.352 e. The minimum absolute atomic E-state index is 0.0365. The number of hydrogen-bond donors (Lipinski definition) is 3. The summed E-state index contributed by atoms with van der Waals surface area (Å²) in [5.41, 5.74) is 2.52. The average molecular weight is 547 g/mol. The Morgan fingerprint density at radius 3 is 2.46 bits per heavy atom. The molecule has 1 aliphatic rings. The maximum absolute atomic E-state index is 13.3. The van der Waals surface area contributed by atoms with Crippen LogP contribution in [0.2, 0.25) is 0 Å². The zero-order chi connectivity index (χ0) is 27.5. The summed E-state index contributed by atoms with van der Waals surface area (Å²) in [4.78, 5) is 45.5. The van der Waals surface area contributed by atoms with Crippen LogP contribution < -0.4 is 15.5 Å². The van der Waals surface area contributed by atoms with Crippen molar-refractivity contribution in [3.8, 4) is 10.4 Å². The van der Waals surface area contributed by atoms with Gasteiger partial charge in [-0.1, -0.05) is 31.4 Å². The van der Waals surface area contributed by atoms with E-state index in [-0.39, 0.29) is 35.3 Å². The number of halogens is 1. The van der Waals surface area contributed by atoms with Gasteiger partial charge in [-0.2, -0.15) is 0 Å². The minimum atomic E-state index is -0.365. The van der Waals surface area contributed by atoms with Crippen molar-refractivity contribution in [3.63, 3.8) is 0 Å². The molecule has 2 heterocycles. The fraction of sp³-hybridized carbons (Fsp3) is 0.300. The summed E-state index contributed by atoms with van der Waals surface area (Å²) in [5.74, 6) is -0.567. The molecule has 9 heteroatoms. The molecule has 0 spiro atoms. The van der Waals surface area contributed by atoms with Crippen LogP contribution in [0.3, 0.4) is 0 Å². The molecule has 0 bridgehead atoms. The fourth-order valence-corrected chi connectivity index (χ4v) is 6.03. The van der Waals surface area contributed by atoms with Crippen LogP contribution >= 0.6 is 11.3 Å². The van der Waals surface area contributed by atoms with Gasteiger partial charge in [0.1, 0.15) is 11.6 Å². The summed E-state index contributed by atoms with van der Waals surface area (Å²) in [6, 6.07) is 15.1. The summed E-state index contributed by atoms with van der Waals surface area (Å²) < 4.78 is 13.3. The topological polar surface area (TPSA) is 94.3 Å². The van der Waals surface area contributed by atoms with Crippen LogP contribution in [-0.2, 0) is 4.79 Å². The molecule has 202 valence electrons. The van der Waals surface area contributed by atoms with Gasteiger partial charge in [0.15, 0.2) is 0 Å². The molecule has 0 atom stereocenters. The number of carbonyl (C=O) groups is 3. The number of H-pyrrole nitrogens is 1. The number of fused-ring (bicyclic) bond motifs is 1. The third-order valence-electron chi connectivity index (χ3n) is 7.22. The van der Waals surface area contributed by atoms with Crippen LogP contribution in [0.15, 0.2) is 54.6 Å². The molecule has 3 amide bonds. The molecule has 3 N–H and O–H groups in total. The number of nitrogens with zero attached hydrogens (tertiary/aromatic N) is 1. The van der Waals surface area contributed by atoms with Gasteiger partial charge in [-0.3, -0.25) is 14.4 Å². The first-order valence-electron chi connectivity index (χ1n) is 13.2. The van der Waals surface area contributed by atoms with Crippen LogP contribution in [0, 0.1) is 11.7 Å². The zero-order valence-electron chi connectivity index (χ0n) is 22.0. The Morgan fingerprint density at radius 2 is 1.74 bits per heavy atom. The van der Waals surface area contributed by atoms with Crippen LogP contribution in [0.1, 0.15) is 59.1 Å². The second-order valence-corrected chi connectivity index (χ2v) is 10.9. The Bertz CT molecular complexity index is 1520. The number of rotatable bonds is 7. The highest BCUT2D eigenvalue weighted by Gasteiger charge is 2.26. The molecule has 0 aliphatic heterocycles. The lowest BCUT2D eigenvalue weighted by Crippen LogP contribution is -2.33. The number of carbonyl (C=O) groups excluding carboxylic acids is 3. The molecule has 5 rings (SSSR count). The van der Waals surface area contributed by atoms with Crippen LogP contribution in [-0.4, -0.2) is 36.3 Å². The monoisotopic (exact) mass is 546 g/mol. The van der Waals surface area contributed by atoms with Crippen molar-refractivity contribution in [1.82, 2.24) is 10.3 Å². The Kier molecular flexibility index (Phi) is 7.79. The first kappa shape index (κ1) is 26.6. The maximum Gasteiger partial charge on any atom is 0.266 e. The molecule has 0 radical (unpaired) electrons. The molecular weight excluding hydrogens is 515 g/mol. The van der Waals surface area contributed by atoms with E-state index in [1.807, 2.05) is 31.2 Å². The lowest BCUT2D eigenvalue weighted by atomic mass is 9.88. The lowest BCUT2D eigenvalue weighted by Gasteiger charge is -2.26. The van der Waals surface area contributed by atoms with Crippen molar-refractivity contribution in [2.75, 3.05) is 23.8 Å². The SMILES string of the molecule is CCNC(=O)c1c(NC(=O)c2ccc(-c3ccc(F)cc3)s2)[nH]c2cc(N(C)C(=O)C3CCCCC3)ccc12. The molecular formula is C30H31FN4O3S. The van der Waals surface area contributed by atoms with Crippen molar-refractivity contribution in [3.05, 3.63) is 70.9 Å². The third kappa shape index (κ3) is 5.59. The second-order valence-electron chi connectivity index (χ2n) is 9.82. The fourth-order valence-electron chi connectivity index (χ4n) is 5.13. The van der Waals surface area contributed by atoms with E-state index in [0.717, 1.165) is 41.8 Å². The highest BCUT2D eigenvalue weighted by Crippen LogP contribution is 2.33. The summed E-state index contributed by atoms with van der Waals surface area (Å²) in [6.07, 6.45) is 5.16. The summed E-state index contributed by atoms with van der Waals surface area (Å²) >= 11 is 1.28. The lowest BCUT2D eigenvalue weighted by molar-refractivity contribution is -0.123. The second kappa shape index (κ2) is 11.4. The molecule has 2 aromatic heterocycles. The van der Waals surface area contributed by atoms with E-state index < -0.39 is 0 Å². The molecule has 4 aromatic rings. The quantitative estimate of drug-likeness (QED) is 0.244. The molecule has 2 aromatic carbocycles. The van der Waals surface area contributed by atoms with Gasteiger partial charge in [-0.25, -0.2) is 4.39 Å². The first-order chi connectivity index (χ1) is 18.9. The van der Waals surface area contributed by atoms with Gasteiger partial charge in [0.25, 0.3) is 11.8 Å². The van der Waals surface area contributed by atoms with Crippen molar-refractivity contribution < 1.29 is 18.8 Å². The summed E-state index contributed by atoms with van der Waals surface area (Å²) in [7, 11) is 1.78. The van der Waals surface area contributed by atoms with E-state index >= 15 is 0 Å². The van der Waals surface area contributed by atoms with Gasteiger partial charge < -0.3 is 20.5 Å². The van der Waals surface area contributed by atoms with Gasteiger partial charge in [0.05, 0.1) is 10.4 Å². The Hall–Kier alpha value is -3.98. The van der Waals surface area contributed by atoms with Crippen molar-refractivity contribution in [2.24, 2.45) is 5.92 Å². The molecule has 1 fully saturated rings. The van der Waals surface area contributed by atoms with Crippen LogP contribution in [0.25, 0.3) is 21.3 Å². The summed E-state index contributed by atoms with van der Waals surface area (Å²) in [5, 5.41) is 6.34. The highest BCUT2D eigenvalue weighted by molar-refractivity contribution is 7.17. The zero-order valence-corrected chi connectivity index (χ0v) is 22.8. The molecule has 39 heavy (non-hydrogen) atoms. The number of nitrogens with one attached hydrogen (secondary N) is 3. The van der Waals surface area contributed by atoms with E-state index in [9.17, 15) is 18.8 Å². The Balaban J connectivity index is 1.43. The normalized spacial score (nSPS) is 13.8. The van der Waals surface area contributed by atoms with Crippen LogP contribution in [0.4, 0.5) is 15.9 Å². The smallest absolute Gasteiger partial charge is 0.266 e. The molecule has 7 nitrogen and oxygen atoms in total. The number of aromatic amines is 1. The van der Waals surface area contributed by atoms with E-state index in [4.69, 9.17) is 0 Å². The number of benzene rings is 2. The number of anilines is 2. The predicted octanol–water partition coefficient (Wildman–Crippen LogP) is 6.58. The minimum Gasteiger partial charge on any atom is -0.352 e. The standard InChI is InChI=1S/C30H31FN4O3S/c1-3-32-29(37)26-22-14-13-21(35(2)30(38)19-7-5-4-6-8-19)17-23(22)33-27(26)34-28(36)25-16-15-24(39-25)18-9-11-20(31)12-10-18/h9-17,19,33H,3-8H2,1-2H3,(H,32,37)(H,34,36). The van der Waals surface area contributed by atoms with Gasteiger partial charge >= 0.3 is 0 Å². The summed E-state index contributed by atoms with van der Waals surface area (Å²) in [6.45, 7) is 2.26. The van der Waals surface area contributed by atoms with E-state index in [1.54, 1.807) is 30.1 Å². The maximum atomic E-state index is 13.3. The number of hydrogen-bond acceptors (Lipinski definition) is 4. The predicted molar refractivity (Wildman–Crippen MR) is 154 cm³/mol. The molecule has 1 saturated carbocycles. The number of amides is 3. The average Bonchev–Trinajstić information content (AvgIpc) is 3.58. The first-order valence-corrected chi connectivity index (χ1v) is 14.1. The van der Waals surface area contributed by atoms with E-state index in [2.05, 4.69) is 15.6 Å². The van der Waals surface area contributed by atoms with Gasteiger partial charge in [-0.05, 0) is 67.8 Å².